The molecule has 0 unspecified atom stereocenters. The van der Waals surface area contributed by atoms with Gasteiger partial charge < -0.3 is 9.84 Å². The van der Waals surface area contributed by atoms with Crippen molar-refractivity contribution in [3.63, 3.8) is 0 Å². The standard InChI is InChI=1S/C15H11ClO4/c1-20-12-8-4-6-10(13(12)15(18)19)14(17)9-5-2-3-7-11(9)16/h2-8H,1H3,(H,18,19). The highest BCUT2D eigenvalue weighted by Gasteiger charge is 2.23. The van der Waals surface area contributed by atoms with Crippen LogP contribution in [0, 0.1) is 0 Å². The third-order valence-electron chi connectivity index (χ3n) is 2.82. The molecule has 5 heteroatoms. The molecule has 0 spiro atoms. The van der Waals surface area contributed by atoms with Crippen molar-refractivity contribution in [3.05, 3.63) is 64.2 Å². The highest BCUT2D eigenvalue weighted by Crippen LogP contribution is 2.26. The molecule has 0 bridgehead atoms. The van der Waals surface area contributed by atoms with Crippen molar-refractivity contribution in [3.8, 4) is 5.75 Å². The second kappa shape index (κ2) is 5.75. The number of ketones is 1. The Morgan fingerprint density at radius 1 is 1.05 bits per heavy atom. The fourth-order valence-electron chi connectivity index (χ4n) is 1.90. The molecular weight excluding hydrogens is 280 g/mol. The predicted octanol–water partition coefficient (Wildman–Crippen LogP) is 3.28. The van der Waals surface area contributed by atoms with Crippen LogP contribution >= 0.6 is 11.6 Å². The fourth-order valence-corrected chi connectivity index (χ4v) is 2.12. The van der Waals surface area contributed by atoms with Gasteiger partial charge in [-0.15, -0.1) is 0 Å². The van der Waals surface area contributed by atoms with Crippen molar-refractivity contribution in [1.82, 2.24) is 0 Å². The Bertz CT molecular complexity index is 679. The van der Waals surface area contributed by atoms with Crippen LogP contribution in [0.5, 0.6) is 5.75 Å². The monoisotopic (exact) mass is 290 g/mol. The Morgan fingerprint density at radius 3 is 2.30 bits per heavy atom. The largest absolute Gasteiger partial charge is 0.496 e. The molecule has 0 saturated heterocycles. The van der Waals surface area contributed by atoms with E-state index in [1.54, 1.807) is 30.3 Å². The average molecular weight is 291 g/mol. The molecule has 0 radical (unpaired) electrons. The minimum atomic E-state index is -1.22. The lowest BCUT2D eigenvalue weighted by atomic mass is 9.97. The lowest BCUT2D eigenvalue weighted by Crippen LogP contribution is -2.11. The second-order valence-corrected chi connectivity index (χ2v) is 4.40. The summed E-state index contributed by atoms with van der Waals surface area (Å²) in [6, 6.07) is 11.0. The SMILES string of the molecule is COc1cccc(C(=O)c2ccccc2Cl)c1C(=O)O. The highest BCUT2D eigenvalue weighted by molar-refractivity contribution is 6.35. The van der Waals surface area contributed by atoms with Gasteiger partial charge in [-0.2, -0.15) is 0 Å². The summed E-state index contributed by atoms with van der Waals surface area (Å²) in [6.45, 7) is 0. The second-order valence-electron chi connectivity index (χ2n) is 4.00. The number of carboxylic acids is 1. The van der Waals surface area contributed by atoms with Gasteiger partial charge in [0.05, 0.1) is 12.1 Å². The van der Waals surface area contributed by atoms with Crippen molar-refractivity contribution < 1.29 is 19.4 Å². The summed E-state index contributed by atoms with van der Waals surface area (Å²) in [5.74, 6) is -1.54. The van der Waals surface area contributed by atoms with Crippen LogP contribution in [0.1, 0.15) is 26.3 Å². The molecule has 1 N–H and O–H groups in total. The van der Waals surface area contributed by atoms with Crippen molar-refractivity contribution in [2.24, 2.45) is 0 Å². The van der Waals surface area contributed by atoms with E-state index < -0.39 is 11.8 Å². The third kappa shape index (κ3) is 2.51. The molecule has 0 aliphatic carbocycles. The summed E-state index contributed by atoms with van der Waals surface area (Å²) in [5, 5.41) is 9.55. The number of aromatic carboxylic acids is 1. The van der Waals surface area contributed by atoms with Crippen LogP contribution in [-0.2, 0) is 0 Å². The lowest BCUT2D eigenvalue weighted by Gasteiger charge is -2.10. The Labute approximate surface area is 120 Å². The molecule has 2 aromatic rings. The smallest absolute Gasteiger partial charge is 0.340 e. The van der Waals surface area contributed by atoms with Gasteiger partial charge in [0, 0.05) is 11.1 Å². The number of benzene rings is 2. The van der Waals surface area contributed by atoms with Crippen LogP contribution in [0.25, 0.3) is 0 Å². The molecule has 0 amide bonds. The molecule has 20 heavy (non-hydrogen) atoms. The van der Waals surface area contributed by atoms with Crippen LogP contribution in [0.3, 0.4) is 0 Å². The number of rotatable bonds is 4. The Balaban J connectivity index is 2.61. The maximum atomic E-state index is 12.5. The number of ether oxygens (including phenoxy) is 1. The van der Waals surface area contributed by atoms with E-state index >= 15 is 0 Å². The summed E-state index contributed by atoms with van der Waals surface area (Å²) in [6.07, 6.45) is 0. The van der Waals surface area contributed by atoms with E-state index in [-0.39, 0.29) is 27.5 Å². The van der Waals surface area contributed by atoms with Crippen molar-refractivity contribution >= 4 is 23.4 Å². The Kier molecular flexibility index (Phi) is 4.05. The van der Waals surface area contributed by atoms with Gasteiger partial charge in [0.2, 0.25) is 0 Å². The number of carbonyl (C=O) groups is 2. The number of halogens is 1. The molecule has 0 aliphatic rings. The molecule has 0 saturated carbocycles. The molecule has 4 nitrogen and oxygen atoms in total. The van der Waals surface area contributed by atoms with Gasteiger partial charge in [-0.25, -0.2) is 4.79 Å². The number of hydrogen-bond donors (Lipinski definition) is 1. The maximum absolute atomic E-state index is 12.5. The van der Waals surface area contributed by atoms with Crippen LogP contribution in [0.2, 0.25) is 5.02 Å². The summed E-state index contributed by atoms with van der Waals surface area (Å²) in [7, 11) is 1.35. The average Bonchev–Trinajstić information content (AvgIpc) is 2.46. The van der Waals surface area contributed by atoms with Gasteiger partial charge in [0.25, 0.3) is 0 Å². The molecule has 2 aromatic carbocycles. The first kappa shape index (κ1) is 14.1. The first-order chi connectivity index (χ1) is 9.56. The maximum Gasteiger partial charge on any atom is 0.340 e. The van der Waals surface area contributed by atoms with E-state index in [9.17, 15) is 14.7 Å². The molecule has 0 fully saturated rings. The van der Waals surface area contributed by atoms with Crippen LogP contribution in [-0.4, -0.2) is 24.0 Å². The summed E-state index contributed by atoms with van der Waals surface area (Å²) in [4.78, 5) is 23.8. The minimum Gasteiger partial charge on any atom is -0.496 e. The summed E-state index contributed by atoms with van der Waals surface area (Å²) >= 11 is 5.98. The van der Waals surface area contributed by atoms with E-state index in [4.69, 9.17) is 16.3 Å². The van der Waals surface area contributed by atoms with Crippen molar-refractivity contribution in [1.29, 1.82) is 0 Å². The zero-order chi connectivity index (χ0) is 14.7. The van der Waals surface area contributed by atoms with E-state index in [1.165, 1.54) is 19.2 Å². The van der Waals surface area contributed by atoms with E-state index in [1.807, 2.05) is 0 Å². The molecule has 102 valence electrons. The Morgan fingerprint density at radius 2 is 1.70 bits per heavy atom. The van der Waals surface area contributed by atoms with Crippen LogP contribution < -0.4 is 4.74 Å². The minimum absolute atomic E-state index is 0.0463. The molecule has 0 heterocycles. The number of methoxy groups -OCH3 is 1. The van der Waals surface area contributed by atoms with Gasteiger partial charge in [-0.05, 0) is 24.3 Å². The Hall–Kier alpha value is -2.33. The third-order valence-corrected chi connectivity index (χ3v) is 3.15. The first-order valence-electron chi connectivity index (χ1n) is 5.75. The summed E-state index contributed by atoms with van der Waals surface area (Å²) in [5.41, 5.74) is 0.134. The van der Waals surface area contributed by atoms with Gasteiger partial charge in [-0.1, -0.05) is 29.8 Å². The lowest BCUT2D eigenvalue weighted by molar-refractivity contribution is 0.0689. The van der Waals surface area contributed by atoms with Crippen LogP contribution in [0.4, 0.5) is 0 Å². The normalized spacial score (nSPS) is 10.1. The summed E-state index contributed by atoms with van der Waals surface area (Å²) < 4.78 is 5.00. The fraction of sp³-hybridized carbons (Fsp3) is 0.0667. The highest BCUT2D eigenvalue weighted by atomic mass is 35.5. The molecule has 0 atom stereocenters. The van der Waals surface area contributed by atoms with Crippen molar-refractivity contribution in [2.45, 2.75) is 0 Å². The zero-order valence-electron chi connectivity index (χ0n) is 10.6. The van der Waals surface area contributed by atoms with Crippen molar-refractivity contribution in [2.75, 3.05) is 7.11 Å². The van der Waals surface area contributed by atoms with E-state index in [0.29, 0.717) is 0 Å². The first-order valence-corrected chi connectivity index (χ1v) is 6.13. The number of hydrogen-bond acceptors (Lipinski definition) is 3. The quantitative estimate of drug-likeness (QED) is 0.878. The van der Waals surface area contributed by atoms with Gasteiger partial charge in [0.15, 0.2) is 5.78 Å². The van der Waals surface area contributed by atoms with Gasteiger partial charge >= 0.3 is 5.97 Å². The van der Waals surface area contributed by atoms with E-state index in [0.717, 1.165) is 0 Å². The number of carbonyl (C=O) groups excluding carboxylic acids is 1. The topological polar surface area (TPSA) is 63.6 Å². The van der Waals surface area contributed by atoms with E-state index in [2.05, 4.69) is 0 Å². The van der Waals surface area contributed by atoms with Gasteiger partial charge in [-0.3, -0.25) is 4.79 Å². The zero-order valence-corrected chi connectivity index (χ0v) is 11.3. The molecule has 0 aromatic heterocycles. The van der Waals surface area contributed by atoms with Crippen LogP contribution in [0.15, 0.2) is 42.5 Å². The number of carboxylic acid groups (broad SMARTS) is 1. The van der Waals surface area contributed by atoms with Gasteiger partial charge in [0.1, 0.15) is 11.3 Å². The molecule has 2 rings (SSSR count). The molecular formula is C15H11ClO4. The molecule has 0 aliphatic heterocycles. The predicted molar refractivity (Wildman–Crippen MR) is 74.8 cm³/mol.